The van der Waals surface area contributed by atoms with Crippen molar-refractivity contribution in [3.63, 3.8) is 0 Å². The second-order valence-electron chi connectivity index (χ2n) is 6.33. The van der Waals surface area contributed by atoms with E-state index >= 15 is 0 Å². The summed E-state index contributed by atoms with van der Waals surface area (Å²) < 4.78 is 22.7. The number of benzene rings is 2. The van der Waals surface area contributed by atoms with Gasteiger partial charge < -0.3 is 24.3 Å². The number of nitrogens with zero attached hydrogens (tertiary/aromatic N) is 3. The minimum absolute atomic E-state index is 0.414. The highest BCUT2D eigenvalue weighted by Gasteiger charge is 2.27. The fraction of sp³-hybridized carbons (Fsp3) is 0.286. The average molecular weight is 426 g/mol. The van der Waals surface area contributed by atoms with E-state index in [1.807, 2.05) is 43.3 Å². The Morgan fingerprint density at radius 1 is 1.03 bits per heavy atom. The van der Waals surface area contributed by atoms with E-state index in [1.54, 1.807) is 21.3 Å². The van der Waals surface area contributed by atoms with Crippen molar-refractivity contribution in [2.24, 2.45) is 0 Å². The normalized spacial score (nSPS) is 14.5. The fourth-order valence-electron chi connectivity index (χ4n) is 3.24. The molecule has 0 saturated heterocycles. The van der Waals surface area contributed by atoms with Crippen LogP contribution in [0.3, 0.4) is 0 Å². The van der Waals surface area contributed by atoms with Crippen molar-refractivity contribution >= 4 is 17.4 Å². The number of methoxy groups -OCH3 is 3. The van der Waals surface area contributed by atoms with Crippen LogP contribution in [0.5, 0.6) is 23.1 Å². The summed E-state index contributed by atoms with van der Waals surface area (Å²) in [5.74, 6) is 2.85. The van der Waals surface area contributed by atoms with Crippen molar-refractivity contribution in [2.45, 2.75) is 18.3 Å². The molecular formula is C21H22N4O4S. The molecule has 2 heterocycles. The van der Waals surface area contributed by atoms with E-state index < -0.39 is 6.23 Å². The largest absolute Gasteiger partial charge is 0.493 e. The van der Waals surface area contributed by atoms with E-state index in [0.29, 0.717) is 34.0 Å². The zero-order valence-corrected chi connectivity index (χ0v) is 17.9. The Kier molecular flexibility index (Phi) is 5.80. The second-order valence-corrected chi connectivity index (χ2v) is 7.56. The lowest BCUT2D eigenvalue weighted by atomic mass is 10.1. The predicted octanol–water partition coefficient (Wildman–Crippen LogP) is 4.18. The molecule has 4 rings (SSSR count). The van der Waals surface area contributed by atoms with Gasteiger partial charge in [0.05, 0.1) is 21.3 Å². The van der Waals surface area contributed by atoms with Gasteiger partial charge in [0.15, 0.2) is 23.4 Å². The number of hydrogen-bond acceptors (Lipinski definition) is 9. The van der Waals surface area contributed by atoms with Crippen molar-refractivity contribution in [3.05, 3.63) is 42.0 Å². The molecule has 0 fully saturated rings. The molecule has 30 heavy (non-hydrogen) atoms. The van der Waals surface area contributed by atoms with Crippen LogP contribution in [0, 0.1) is 0 Å². The highest BCUT2D eigenvalue weighted by molar-refractivity contribution is 7.99. The van der Waals surface area contributed by atoms with E-state index in [0.717, 1.165) is 22.6 Å². The maximum atomic E-state index is 6.29. The van der Waals surface area contributed by atoms with Gasteiger partial charge >= 0.3 is 0 Å². The van der Waals surface area contributed by atoms with Crippen LogP contribution in [0.15, 0.2) is 41.6 Å². The Morgan fingerprint density at radius 3 is 2.43 bits per heavy atom. The summed E-state index contributed by atoms with van der Waals surface area (Å²) in [6.45, 7) is 2.04. The molecule has 0 spiro atoms. The zero-order valence-electron chi connectivity index (χ0n) is 17.1. The Balaban J connectivity index is 1.84. The van der Waals surface area contributed by atoms with Crippen LogP contribution in [0.1, 0.15) is 18.7 Å². The van der Waals surface area contributed by atoms with Crippen LogP contribution in [0.4, 0.5) is 5.69 Å². The van der Waals surface area contributed by atoms with E-state index in [-0.39, 0.29) is 0 Å². The molecule has 3 aromatic rings. The highest BCUT2D eigenvalue weighted by atomic mass is 32.2. The van der Waals surface area contributed by atoms with Crippen LogP contribution in [-0.4, -0.2) is 42.3 Å². The van der Waals surface area contributed by atoms with Crippen LogP contribution in [0.25, 0.3) is 11.3 Å². The molecule has 8 nitrogen and oxygen atoms in total. The summed E-state index contributed by atoms with van der Waals surface area (Å²) in [5, 5.41) is 12.6. The molecule has 0 aliphatic carbocycles. The topological polar surface area (TPSA) is 87.6 Å². The Labute approximate surface area is 178 Å². The Bertz CT molecular complexity index is 1040. The maximum Gasteiger partial charge on any atom is 0.247 e. The smallest absolute Gasteiger partial charge is 0.247 e. The summed E-state index contributed by atoms with van der Waals surface area (Å²) in [4.78, 5) is 4.60. The minimum Gasteiger partial charge on any atom is -0.493 e. The molecule has 2 aromatic carbocycles. The number of thioether (sulfide) groups is 1. The number of para-hydroxylation sites is 1. The van der Waals surface area contributed by atoms with Crippen molar-refractivity contribution in [1.29, 1.82) is 0 Å². The maximum absolute atomic E-state index is 6.29. The number of anilines is 1. The average Bonchev–Trinajstić information content (AvgIpc) is 2.94. The predicted molar refractivity (Wildman–Crippen MR) is 115 cm³/mol. The van der Waals surface area contributed by atoms with Gasteiger partial charge in [-0.3, -0.25) is 0 Å². The second kappa shape index (κ2) is 8.66. The molecule has 1 aliphatic rings. The SMILES string of the molecule is CCSc1nnc2c(n1)O[C@H](c1cc(OC)c(OC)c(OC)c1)Nc1ccccc1-2. The number of aromatic nitrogens is 3. The van der Waals surface area contributed by atoms with Crippen molar-refractivity contribution < 1.29 is 18.9 Å². The molecule has 0 radical (unpaired) electrons. The third kappa shape index (κ3) is 3.68. The first kappa shape index (κ1) is 20.1. The van der Waals surface area contributed by atoms with E-state index in [2.05, 4.69) is 20.5 Å². The van der Waals surface area contributed by atoms with Gasteiger partial charge in [-0.15, -0.1) is 10.2 Å². The summed E-state index contributed by atoms with van der Waals surface area (Å²) in [7, 11) is 4.74. The van der Waals surface area contributed by atoms with Crippen molar-refractivity contribution in [2.75, 3.05) is 32.4 Å². The van der Waals surface area contributed by atoms with Gasteiger partial charge in [-0.1, -0.05) is 36.9 Å². The van der Waals surface area contributed by atoms with E-state index in [9.17, 15) is 0 Å². The first-order valence-electron chi connectivity index (χ1n) is 9.38. The lowest BCUT2D eigenvalue weighted by Crippen LogP contribution is -2.17. The monoisotopic (exact) mass is 426 g/mol. The van der Waals surface area contributed by atoms with Crippen LogP contribution in [0.2, 0.25) is 0 Å². The van der Waals surface area contributed by atoms with Gasteiger partial charge in [-0.25, -0.2) is 0 Å². The third-order valence-corrected chi connectivity index (χ3v) is 5.32. The fourth-order valence-corrected chi connectivity index (χ4v) is 3.75. The first-order chi connectivity index (χ1) is 14.7. The molecule has 1 aromatic heterocycles. The quantitative estimate of drug-likeness (QED) is 0.583. The number of nitrogens with one attached hydrogen (secondary N) is 1. The van der Waals surface area contributed by atoms with Gasteiger partial charge in [0.25, 0.3) is 0 Å². The summed E-state index contributed by atoms with van der Waals surface area (Å²) in [5.41, 5.74) is 3.11. The lowest BCUT2D eigenvalue weighted by Gasteiger charge is -2.21. The summed E-state index contributed by atoms with van der Waals surface area (Å²) >= 11 is 1.51. The molecule has 1 N–H and O–H groups in total. The molecule has 9 heteroatoms. The number of hydrogen-bond donors (Lipinski definition) is 1. The van der Waals surface area contributed by atoms with Crippen LogP contribution >= 0.6 is 11.8 Å². The third-order valence-electron chi connectivity index (χ3n) is 4.60. The van der Waals surface area contributed by atoms with Gasteiger partial charge in [-0.2, -0.15) is 4.98 Å². The van der Waals surface area contributed by atoms with Crippen LogP contribution in [-0.2, 0) is 0 Å². The number of fused-ring (bicyclic) bond motifs is 3. The van der Waals surface area contributed by atoms with E-state index in [1.165, 1.54) is 11.8 Å². The van der Waals surface area contributed by atoms with Gasteiger partial charge in [0.2, 0.25) is 16.8 Å². The standard InChI is InChI=1S/C21H22N4O4S/c1-5-30-21-23-20-17(24-25-21)13-8-6-7-9-14(13)22-19(29-20)12-10-15(26-2)18(28-4)16(11-12)27-3/h6-11,19,22H,5H2,1-4H3/t19-/m1/s1. The molecular weight excluding hydrogens is 404 g/mol. The molecule has 0 bridgehead atoms. The Hall–Kier alpha value is -3.20. The minimum atomic E-state index is -0.558. The summed E-state index contributed by atoms with van der Waals surface area (Å²) in [6.07, 6.45) is -0.558. The lowest BCUT2D eigenvalue weighted by molar-refractivity contribution is 0.223. The molecule has 1 atom stereocenters. The summed E-state index contributed by atoms with van der Waals surface area (Å²) in [6, 6.07) is 11.5. The molecule has 1 aliphatic heterocycles. The van der Waals surface area contributed by atoms with Crippen LogP contribution < -0.4 is 24.3 Å². The number of rotatable bonds is 6. The van der Waals surface area contributed by atoms with Crippen molar-refractivity contribution in [1.82, 2.24) is 15.2 Å². The first-order valence-corrected chi connectivity index (χ1v) is 10.4. The Morgan fingerprint density at radius 2 is 1.77 bits per heavy atom. The molecule has 0 amide bonds. The highest BCUT2D eigenvalue weighted by Crippen LogP contribution is 2.43. The zero-order chi connectivity index (χ0) is 21.1. The molecule has 0 saturated carbocycles. The van der Waals surface area contributed by atoms with Gasteiger partial charge in [0, 0.05) is 16.8 Å². The molecule has 0 unspecified atom stereocenters. The van der Waals surface area contributed by atoms with Gasteiger partial charge in [-0.05, 0) is 24.0 Å². The van der Waals surface area contributed by atoms with E-state index in [4.69, 9.17) is 18.9 Å². The van der Waals surface area contributed by atoms with Crippen molar-refractivity contribution in [3.8, 4) is 34.4 Å². The van der Waals surface area contributed by atoms with Gasteiger partial charge in [0.1, 0.15) is 0 Å². The molecule has 156 valence electrons. The number of ether oxygens (including phenoxy) is 4.